The van der Waals surface area contributed by atoms with Crippen molar-refractivity contribution < 1.29 is 32.2 Å². The molecule has 0 saturated carbocycles. The van der Waals surface area contributed by atoms with E-state index in [9.17, 15) is 23.1 Å². The van der Waals surface area contributed by atoms with Gasteiger partial charge >= 0.3 is 6.36 Å². The van der Waals surface area contributed by atoms with E-state index < -0.39 is 24.1 Å². The highest BCUT2D eigenvalue weighted by Gasteiger charge is 2.31. The van der Waals surface area contributed by atoms with E-state index in [-0.39, 0.29) is 18.0 Å². The number of carbonyl (C=O) groups excluding carboxylic acids is 1. The van der Waals surface area contributed by atoms with Gasteiger partial charge in [-0.15, -0.1) is 13.2 Å². The SMILES string of the molecule is CC(CC(O)c1ccco1)NC(=O)c1ccc(OC(F)(F)F)cc1. The van der Waals surface area contributed by atoms with Gasteiger partial charge in [0.25, 0.3) is 5.91 Å². The molecule has 5 nitrogen and oxygen atoms in total. The van der Waals surface area contributed by atoms with Crippen molar-refractivity contribution in [3.8, 4) is 5.75 Å². The number of amides is 1. The number of ether oxygens (including phenoxy) is 1. The van der Waals surface area contributed by atoms with Crippen molar-refractivity contribution in [2.45, 2.75) is 31.9 Å². The summed E-state index contributed by atoms with van der Waals surface area (Å²) in [7, 11) is 0. The third kappa shape index (κ3) is 5.31. The minimum absolute atomic E-state index is 0.184. The molecule has 0 radical (unpaired) electrons. The maximum atomic E-state index is 12.1. The number of hydrogen-bond acceptors (Lipinski definition) is 4. The van der Waals surface area contributed by atoms with E-state index in [1.165, 1.54) is 18.4 Å². The predicted molar refractivity (Wildman–Crippen MR) is 78.3 cm³/mol. The zero-order chi connectivity index (χ0) is 17.7. The minimum Gasteiger partial charge on any atom is -0.467 e. The summed E-state index contributed by atoms with van der Waals surface area (Å²) >= 11 is 0. The summed E-state index contributed by atoms with van der Waals surface area (Å²) in [5, 5.41) is 12.6. The first-order valence-corrected chi connectivity index (χ1v) is 7.13. The first-order valence-electron chi connectivity index (χ1n) is 7.13. The van der Waals surface area contributed by atoms with Gasteiger partial charge in [-0.05, 0) is 43.3 Å². The summed E-state index contributed by atoms with van der Waals surface area (Å²) < 4.78 is 45.0. The van der Waals surface area contributed by atoms with Gasteiger partial charge in [0.1, 0.15) is 17.6 Å². The maximum absolute atomic E-state index is 12.1. The van der Waals surface area contributed by atoms with Crippen LogP contribution in [0.15, 0.2) is 47.1 Å². The van der Waals surface area contributed by atoms with E-state index in [0.29, 0.717) is 5.76 Å². The van der Waals surface area contributed by atoms with Crippen molar-refractivity contribution >= 4 is 5.91 Å². The molecule has 1 aromatic heterocycles. The number of rotatable bonds is 6. The van der Waals surface area contributed by atoms with E-state index in [1.54, 1.807) is 19.1 Å². The molecular formula is C16H16F3NO4. The number of hydrogen-bond donors (Lipinski definition) is 2. The quantitative estimate of drug-likeness (QED) is 0.843. The van der Waals surface area contributed by atoms with Crippen LogP contribution >= 0.6 is 0 Å². The highest BCUT2D eigenvalue weighted by atomic mass is 19.4. The molecular weight excluding hydrogens is 327 g/mol. The van der Waals surface area contributed by atoms with Crippen LogP contribution < -0.4 is 10.1 Å². The molecule has 0 spiro atoms. The molecule has 0 aliphatic heterocycles. The van der Waals surface area contributed by atoms with Gasteiger partial charge in [0.2, 0.25) is 0 Å². The topological polar surface area (TPSA) is 71.7 Å². The molecule has 1 amide bonds. The Morgan fingerprint density at radius 2 is 1.96 bits per heavy atom. The van der Waals surface area contributed by atoms with E-state index in [0.717, 1.165) is 12.1 Å². The van der Waals surface area contributed by atoms with Gasteiger partial charge < -0.3 is 19.6 Å². The third-order valence-electron chi connectivity index (χ3n) is 3.18. The standard InChI is InChI=1S/C16H16F3NO4/c1-10(9-13(21)14-3-2-8-23-14)20-15(22)11-4-6-12(7-5-11)24-16(17,18)19/h2-8,10,13,21H,9H2,1H3,(H,20,22). The van der Waals surface area contributed by atoms with Gasteiger partial charge in [0, 0.05) is 18.0 Å². The lowest BCUT2D eigenvalue weighted by Gasteiger charge is -2.17. The Kier molecular flexibility index (Phi) is 5.50. The molecule has 8 heteroatoms. The number of nitrogens with one attached hydrogen (secondary N) is 1. The minimum atomic E-state index is -4.78. The molecule has 0 fully saturated rings. The first kappa shape index (κ1) is 17.9. The Hall–Kier alpha value is -2.48. The van der Waals surface area contributed by atoms with Gasteiger partial charge in [-0.1, -0.05) is 0 Å². The Morgan fingerprint density at radius 1 is 1.29 bits per heavy atom. The highest BCUT2D eigenvalue weighted by molar-refractivity contribution is 5.94. The van der Waals surface area contributed by atoms with Crippen molar-refractivity contribution in [3.05, 3.63) is 54.0 Å². The Bertz CT molecular complexity index is 653. The average Bonchev–Trinajstić information content (AvgIpc) is 3.00. The van der Waals surface area contributed by atoms with Crippen LogP contribution in [0.4, 0.5) is 13.2 Å². The van der Waals surface area contributed by atoms with Crippen LogP contribution in [-0.4, -0.2) is 23.4 Å². The van der Waals surface area contributed by atoms with Gasteiger partial charge in [-0.2, -0.15) is 0 Å². The summed E-state index contributed by atoms with van der Waals surface area (Å²) in [5.41, 5.74) is 0.184. The van der Waals surface area contributed by atoms with Crippen LogP contribution in [0.5, 0.6) is 5.75 Å². The molecule has 1 heterocycles. The number of aliphatic hydroxyl groups is 1. The lowest BCUT2D eigenvalue weighted by Crippen LogP contribution is -2.33. The molecule has 2 unspecified atom stereocenters. The molecule has 0 bridgehead atoms. The molecule has 130 valence electrons. The average molecular weight is 343 g/mol. The number of halogens is 3. The van der Waals surface area contributed by atoms with Crippen LogP contribution in [0.25, 0.3) is 0 Å². The van der Waals surface area contributed by atoms with Crippen molar-refractivity contribution in [2.75, 3.05) is 0 Å². The smallest absolute Gasteiger partial charge is 0.467 e. The van der Waals surface area contributed by atoms with E-state index in [1.807, 2.05) is 0 Å². The fourth-order valence-electron chi connectivity index (χ4n) is 2.11. The van der Waals surface area contributed by atoms with E-state index in [4.69, 9.17) is 4.42 Å². The zero-order valence-corrected chi connectivity index (χ0v) is 12.7. The molecule has 2 aromatic rings. The summed E-state index contributed by atoms with van der Waals surface area (Å²) in [6.45, 7) is 1.70. The maximum Gasteiger partial charge on any atom is 0.573 e. The van der Waals surface area contributed by atoms with Gasteiger partial charge in [0.15, 0.2) is 0 Å². The van der Waals surface area contributed by atoms with Crippen LogP contribution in [-0.2, 0) is 0 Å². The Balaban J connectivity index is 1.89. The first-order chi connectivity index (χ1) is 11.2. The summed E-state index contributed by atoms with van der Waals surface area (Å²) in [4.78, 5) is 12.0. The second kappa shape index (κ2) is 7.39. The summed E-state index contributed by atoms with van der Waals surface area (Å²) in [5.74, 6) is -0.474. The van der Waals surface area contributed by atoms with Crippen molar-refractivity contribution in [1.82, 2.24) is 5.32 Å². The van der Waals surface area contributed by atoms with E-state index >= 15 is 0 Å². The number of benzene rings is 1. The fraction of sp³-hybridized carbons (Fsp3) is 0.312. The van der Waals surface area contributed by atoms with Crippen LogP contribution in [0.3, 0.4) is 0 Å². The third-order valence-corrected chi connectivity index (χ3v) is 3.18. The van der Waals surface area contributed by atoms with Crippen LogP contribution in [0.2, 0.25) is 0 Å². The number of carbonyl (C=O) groups is 1. The zero-order valence-electron chi connectivity index (χ0n) is 12.7. The predicted octanol–water partition coefficient (Wildman–Crippen LogP) is 3.42. The molecule has 0 aliphatic carbocycles. The largest absolute Gasteiger partial charge is 0.573 e. The molecule has 0 aliphatic rings. The lowest BCUT2D eigenvalue weighted by molar-refractivity contribution is -0.274. The number of furan rings is 1. The molecule has 2 atom stereocenters. The molecule has 2 rings (SSSR count). The van der Waals surface area contributed by atoms with E-state index in [2.05, 4.69) is 10.1 Å². The van der Waals surface area contributed by atoms with Gasteiger partial charge in [-0.3, -0.25) is 4.79 Å². The number of alkyl halides is 3. The molecule has 2 N–H and O–H groups in total. The van der Waals surface area contributed by atoms with Crippen molar-refractivity contribution in [2.24, 2.45) is 0 Å². The summed E-state index contributed by atoms with van der Waals surface area (Å²) in [6, 6.07) is 7.47. The normalized spacial score (nSPS) is 14.0. The van der Waals surface area contributed by atoms with Crippen molar-refractivity contribution in [3.63, 3.8) is 0 Å². The fourth-order valence-corrected chi connectivity index (χ4v) is 2.11. The number of aliphatic hydroxyl groups excluding tert-OH is 1. The van der Waals surface area contributed by atoms with Crippen LogP contribution in [0.1, 0.15) is 35.6 Å². The van der Waals surface area contributed by atoms with Crippen molar-refractivity contribution in [1.29, 1.82) is 0 Å². The molecule has 0 saturated heterocycles. The molecule has 24 heavy (non-hydrogen) atoms. The lowest BCUT2D eigenvalue weighted by atomic mass is 10.1. The Labute approximate surface area is 136 Å². The monoisotopic (exact) mass is 343 g/mol. The highest BCUT2D eigenvalue weighted by Crippen LogP contribution is 2.23. The van der Waals surface area contributed by atoms with Crippen LogP contribution in [0, 0.1) is 0 Å². The second-order valence-corrected chi connectivity index (χ2v) is 5.21. The Morgan fingerprint density at radius 3 is 2.50 bits per heavy atom. The molecule has 1 aromatic carbocycles. The van der Waals surface area contributed by atoms with Gasteiger partial charge in [0.05, 0.1) is 6.26 Å². The second-order valence-electron chi connectivity index (χ2n) is 5.21. The summed E-state index contributed by atoms with van der Waals surface area (Å²) in [6.07, 6.45) is -3.97. The van der Waals surface area contributed by atoms with Gasteiger partial charge in [-0.25, -0.2) is 0 Å².